The molecule has 6 heteroatoms. The molecule has 1 atom stereocenters. The molecular formula is C15H26N4O2. The number of anilines is 2. The summed E-state index contributed by atoms with van der Waals surface area (Å²) in [7, 11) is 0. The van der Waals surface area contributed by atoms with Crippen LogP contribution in [-0.2, 0) is 0 Å². The van der Waals surface area contributed by atoms with Crippen molar-refractivity contribution in [3.8, 4) is 0 Å². The van der Waals surface area contributed by atoms with E-state index >= 15 is 0 Å². The standard InChI is InChI=1S/C15H26N4O2/c1-5-8-16-14-9-13(19(20)21)10-15(18-14)17-12(4)7-6-11(2)3/h9-12H,5-8H2,1-4H3,(H2,16,17,18). The van der Waals surface area contributed by atoms with Crippen molar-refractivity contribution in [2.24, 2.45) is 5.92 Å². The van der Waals surface area contributed by atoms with Crippen molar-refractivity contribution in [3.05, 3.63) is 22.2 Å². The van der Waals surface area contributed by atoms with E-state index in [-0.39, 0.29) is 16.7 Å². The molecule has 1 heterocycles. The van der Waals surface area contributed by atoms with E-state index in [1.807, 2.05) is 6.92 Å². The van der Waals surface area contributed by atoms with E-state index < -0.39 is 0 Å². The Labute approximate surface area is 126 Å². The van der Waals surface area contributed by atoms with Crippen LogP contribution in [0.1, 0.15) is 47.0 Å². The van der Waals surface area contributed by atoms with Gasteiger partial charge in [0, 0.05) is 12.6 Å². The first-order valence-electron chi connectivity index (χ1n) is 7.59. The zero-order valence-corrected chi connectivity index (χ0v) is 13.3. The van der Waals surface area contributed by atoms with Crippen LogP contribution in [0.4, 0.5) is 17.3 Å². The van der Waals surface area contributed by atoms with Crippen molar-refractivity contribution < 1.29 is 4.92 Å². The summed E-state index contributed by atoms with van der Waals surface area (Å²) in [5.41, 5.74) is 0.0576. The molecule has 1 unspecified atom stereocenters. The Balaban J connectivity index is 2.79. The van der Waals surface area contributed by atoms with Gasteiger partial charge in [-0.05, 0) is 32.1 Å². The van der Waals surface area contributed by atoms with Gasteiger partial charge < -0.3 is 10.6 Å². The van der Waals surface area contributed by atoms with Gasteiger partial charge in [-0.15, -0.1) is 0 Å². The summed E-state index contributed by atoms with van der Waals surface area (Å²) in [5.74, 6) is 1.75. The Hall–Kier alpha value is -1.85. The molecule has 0 aliphatic rings. The number of nitro groups is 1. The van der Waals surface area contributed by atoms with Crippen molar-refractivity contribution in [2.75, 3.05) is 17.2 Å². The summed E-state index contributed by atoms with van der Waals surface area (Å²) in [6.07, 6.45) is 3.07. The number of nitrogens with one attached hydrogen (secondary N) is 2. The van der Waals surface area contributed by atoms with Gasteiger partial charge in [-0.1, -0.05) is 20.8 Å². The Morgan fingerprint density at radius 3 is 2.48 bits per heavy atom. The van der Waals surface area contributed by atoms with E-state index in [4.69, 9.17) is 0 Å². The molecule has 0 amide bonds. The summed E-state index contributed by atoms with van der Waals surface area (Å²) < 4.78 is 0. The Morgan fingerprint density at radius 1 is 1.24 bits per heavy atom. The largest absolute Gasteiger partial charge is 0.370 e. The van der Waals surface area contributed by atoms with Crippen molar-refractivity contribution >= 4 is 17.3 Å². The fourth-order valence-electron chi connectivity index (χ4n) is 1.95. The minimum absolute atomic E-state index is 0.0576. The number of hydrogen-bond donors (Lipinski definition) is 2. The zero-order valence-electron chi connectivity index (χ0n) is 13.3. The minimum atomic E-state index is -0.386. The van der Waals surface area contributed by atoms with E-state index in [0.29, 0.717) is 17.6 Å². The molecule has 2 N–H and O–H groups in total. The van der Waals surface area contributed by atoms with Crippen LogP contribution in [0.5, 0.6) is 0 Å². The van der Waals surface area contributed by atoms with Gasteiger partial charge in [0.25, 0.3) is 5.69 Å². The highest BCUT2D eigenvalue weighted by atomic mass is 16.6. The lowest BCUT2D eigenvalue weighted by Crippen LogP contribution is -2.17. The molecule has 0 saturated heterocycles. The van der Waals surface area contributed by atoms with E-state index in [0.717, 1.165) is 25.8 Å². The molecular weight excluding hydrogens is 268 g/mol. The topological polar surface area (TPSA) is 80.1 Å². The Bertz CT molecular complexity index is 463. The lowest BCUT2D eigenvalue weighted by Gasteiger charge is -2.16. The third-order valence-electron chi connectivity index (χ3n) is 3.15. The van der Waals surface area contributed by atoms with E-state index in [1.165, 1.54) is 12.1 Å². The van der Waals surface area contributed by atoms with Crippen molar-refractivity contribution in [3.63, 3.8) is 0 Å². The third kappa shape index (κ3) is 6.42. The molecule has 21 heavy (non-hydrogen) atoms. The molecule has 1 rings (SSSR count). The monoisotopic (exact) mass is 294 g/mol. The predicted octanol–water partition coefficient (Wildman–Crippen LogP) is 4.05. The summed E-state index contributed by atoms with van der Waals surface area (Å²) in [6.45, 7) is 9.23. The molecule has 118 valence electrons. The van der Waals surface area contributed by atoms with E-state index in [1.54, 1.807) is 0 Å². The summed E-state index contributed by atoms with van der Waals surface area (Å²) in [6, 6.07) is 3.20. The van der Waals surface area contributed by atoms with Crippen LogP contribution in [0, 0.1) is 16.0 Å². The second-order valence-corrected chi connectivity index (χ2v) is 5.80. The first kappa shape index (κ1) is 17.2. The number of pyridine rings is 1. The fourth-order valence-corrected chi connectivity index (χ4v) is 1.95. The summed E-state index contributed by atoms with van der Waals surface area (Å²) >= 11 is 0. The van der Waals surface area contributed by atoms with Crippen molar-refractivity contribution in [2.45, 2.75) is 53.0 Å². The number of aromatic nitrogens is 1. The van der Waals surface area contributed by atoms with Crippen LogP contribution in [0.25, 0.3) is 0 Å². The molecule has 0 saturated carbocycles. The SMILES string of the molecule is CCCNc1cc([N+](=O)[O-])cc(NC(C)CCC(C)C)n1. The average molecular weight is 294 g/mol. The average Bonchev–Trinajstić information content (AvgIpc) is 2.42. The minimum Gasteiger partial charge on any atom is -0.370 e. The van der Waals surface area contributed by atoms with Crippen LogP contribution in [0.2, 0.25) is 0 Å². The molecule has 0 bridgehead atoms. The Morgan fingerprint density at radius 2 is 1.90 bits per heavy atom. The lowest BCUT2D eigenvalue weighted by molar-refractivity contribution is -0.384. The van der Waals surface area contributed by atoms with Crippen LogP contribution in [0.15, 0.2) is 12.1 Å². The maximum atomic E-state index is 11.0. The van der Waals surface area contributed by atoms with Crippen LogP contribution >= 0.6 is 0 Å². The fraction of sp³-hybridized carbons (Fsp3) is 0.667. The molecule has 0 aromatic carbocycles. The highest BCUT2D eigenvalue weighted by Crippen LogP contribution is 2.22. The quantitative estimate of drug-likeness (QED) is 0.530. The van der Waals surface area contributed by atoms with Gasteiger partial charge in [-0.25, -0.2) is 4.98 Å². The van der Waals surface area contributed by atoms with Gasteiger partial charge in [0.15, 0.2) is 0 Å². The second-order valence-electron chi connectivity index (χ2n) is 5.80. The number of rotatable bonds is 9. The molecule has 0 fully saturated rings. The second kappa shape index (κ2) is 8.44. The molecule has 1 aromatic rings. The van der Waals surface area contributed by atoms with Crippen molar-refractivity contribution in [1.29, 1.82) is 0 Å². The molecule has 0 aliphatic heterocycles. The normalized spacial score (nSPS) is 12.2. The van der Waals surface area contributed by atoms with E-state index in [2.05, 4.69) is 36.4 Å². The Kier molecular flexibility index (Phi) is 6.91. The first-order valence-corrected chi connectivity index (χ1v) is 7.59. The third-order valence-corrected chi connectivity index (χ3v) is 3.15. The summed E-state index contributed by atoms with van der Waals surface area (Å²) in [4.78, 5) is 15.0. The first-order chi connectivity index (χ1) is 9.92. The number of nitrogens with zero attached hydrogens (tertiary/aromatic N) is 2. The van der Waals surface area contributed by atoms with Crippen LogP contribution < -0.4 is 10.6 Å². The van der Waals surface area contributed by atoms with Crippen molar-refractivity contribution in [1.82, 2.24) is 4.98 Å². The van der Waals surface area contributed by atoms with Gasteiger partial charge in [-0.2, -0.15) is 0 Å². The molecule has 0 spiro atoms. The smallest absolute Gasteiger partial charge is 0.276 e. The van der Waals surface area contributed by atoms with Gasteiger partial charge in [0.05, 0.1) is 17.1 Å². The maximum absolute atomic E-state index is 11.0. The maximum Gasteiger partial charge on any atom is 0.276 e. The van der Waals surface area contributed by atoms with E-state index in [9.17, 15) is 10.1 Å². The van der Waals surface area contributed by atoms with Crippen LogP contribution in [-0.4, -0.2) is 22.5 Å². The van der Waals surface area contributed by atoms with Gasteiger partial charge in [0.1, 0.15) is 11.6 Å². The molecule has 1 aromatic heterocycles. The van der Waals surface area contributed by atoms with Gasteiger partial charge in [0.2, 0.25) is 0 Å². The predicted molar refractivity (Wildman–Crippen MR) is 86.8 cm³/mol. The summed E-state index contributed by atoms with van der Waals surface area (Å²) in [5, 5.41) is 17.4. The lowest BCUT2D eigenvalue weighted by atomic mass is 10.0. The highest BCUT2D eigenvalue weighted by molar-refractivity contribution is 5.54. The molecule has 0 radical (unpaired) electrons. The van der Waals surface area contributed by atoms with Gasteiger partial charge in [-0.3, -0.25) is 10.1 Å². The zero-order chi connectivity index (χ0) is 15.8. The van der Waals surface area contributed by atoms with Crippen LogP contribution in [0.3, 0.4) is 0 Å². The van der Waals surface area contributed by atoms with Gasteiger partial charge >= 0.3 is 0 Å². The molecule has 6 nitrogen and oxygen atoms in total. The highest BCUT2D eigenvalue weighted by Gasteiger charge is 2.13. The number of hydrogen-bond acceptors (Lipinski definition) is 5. The molecule has 0 aliphatic carbocycles.